The minimum atomic E-state index is 0.938. The molecule has 14 heavy (non-hydrogen) atoms. The van der Waals surface area contributed by atoms with Gasteiger partial charge in [0.25, 0.3) is 0 Å². The van der Waals surface area contributed by atoms with Gasteiger partial charge in [0, 0.05) is 17.3 Å². The Balaban J connectivity index is 1.95. The fourth-order valence-electron chi connectivity index (χ4n) is 0.962. The first-order valence-electron chi connectivity index (χ1n) is 4.18. The number of hydrogen-bond acceptors (Lipinski definition) is 4. The standard InChI is InChI=1S/C10H9N3S/c1-2-10(14-7-1)8-12-13-9-3-5-11-6-4-9/h1-8H,(H,11,13)/b12-8+. The molecule has 0 aliphatic carbocycles. The van der Waals surface area contributed by atoms with E-state index in [9.17, 15) is 0 Å². The highest BCUT2D eigenvalue weighted by atomic mass is 32.1. The van der Waals surface area contributed by atoms with Crippen molar-refractivity contribution in [1.29, 1.82) is 0 Å². The molecule has 0 spiro atoms. The zero-order chi connectivity index (χ0) is 9.64. The molecule has 0 bridgehead atoms. The normalized spacial score (nSPS) is 10.6. The van der Waals surface area contributed by atoms with Gasteiger partial charge in [0.1, 0.15) is 0 Å². The maximum Gasteiger partial charge on any atom is 0.0644 e. The van der Waals surface area contributed by atoms with Gasteiger partial charge in [-0.2, -0.15) is 5.10 Å². The lowest BCUT2D eigenvalue weighted by molar-refractivity contribution is 1.28. The zero-order valence-corrected chi connectivity index (χ0v) is 8.24. The molecular weight excluding hydrogens is 194 g/mol. The second-order valence-corrected chi connectivity index (χ2v) is 3.60. The molecule has 0 saturated carbocycles. The van der Waals surface area contributed by atoms with Crippen LogP contribution in [-0.4, -0.2) is 11.2 Å². The van der Waals surface area contributed by atoms with E-state index in [-0.39, 0.29) is 0 Å². The Morgan fingerprint density at radius 3 is 2.86 bits per heavy atom. The van der Waals surface area contributed by atoms with Crippen LogP contribution in [0.4, 0.5) is 5.69 Å². The third kappa shape index (κ3) is 2.40. The predicted octanol–water partition coefficient (Wildman–Crippen LogP) is 2.59. The molecule has 0 unspecified atom stereocenters. The number of thiophene rings is 1. The molecule has 0 fully saturated rings. The Morgan fingerprint density at radius 1 is 1.29 bits per heavy atom. The van der Waals surface area contributed by atoms with Gasteiger partial charge in [-0.25, -0.2) is 0 Å². The molecule has 2 aromatic rings. The molecule has 0 atom stereocenters. The minimum Gasteiger partial charge on any atom is -0.278 e. The summed E-state index contributed by atoms with van der Waals surface area (Å²) in [5.41, 5.74) is 3.86. The van der Waals surface area contributed by atoms with Gasteiger partial charge < -0.3 is 0 Å². The molecule has 70 valence electrons. The van der Waals surface area contributed by atoms with Crippen molar-refractivity contribution in [2.45, 2.75) is 0 Å². The number of pyridine rings is 1. The van der Waals surface area contributed by atoms with Gasteiger partial charge in [-0.3, -0.25) is 10.4 Å². The quantitative estimate of drug-likeness (QED) is 0.615. The average Bonchev–Trinajstić information content (AvgIpc) is 2.72. The van der Waals surface area contributed by atoms with Crippen molar-refractivity contribution in [3.05, 3.63) is 46.9 Å². The molecule has 0 aliphatic heterocycles. The van der Waals surface area contributed by atoms with E-state index in [1.807, 2.05) is 29.6 Å². The molecule has 2 aromatic heterocycles. The lowest BCUT2D eigenvalue weighted by Crippen LogP contribution is -1.88. The third-order valence-electron chi connectivity index (χ3n) is 1.61. The van der Waals surface area contributed by atoms with E-state index >= 15 is 0 Å². The zero-order valence-electron chi connectivity index (χ0n) is 7.42. The number of anilines is 1. The van der Waals surface area contributed by atoms with Gasteiger partial charge in [0.15, 0.2) is 0 Å². The number of nitrogens with one attached hydrogen (secondary N) is 1. The number of hydrogen-bond donors (Lipinski definition) is 1. The summed E-state index contributed by atoms with van der Waals surface area (Å²) in [6, 6.07) is 7.75. The summed E-state index contributed by atoms with van der Waals surface area (Å²) in [7, 11) is 0. The maximum atomic E-state index is 4.09. The Hall–Kier alpha value is -1.68. The summed E-state index contributed by atoms with van der Waals surface area (Å²) >= 11 is 1.66. The molecule has 2 rings (SSSR count). The Labute approximate surface area is 86.1 Å². The van der Waals surface area contributed by atoms with Crippen molar-refractivity contribution in [3.8, 4) is 0 Å². The monoisotopic (exact) mass is 203 g/mol. The van der Waals surface area contributed by atoms with Crippen molar-refractivity contribution in [2.75, 3.05) is 5.43 Å². The van der Waals surface area contributed by atoms with Crippen LogP contribution in [0.5, 0.6) is 0 Å². The van der Waals surface area contributed by atoms with Crippen molar-refractivity contribution in [2.24, 2.45) is 5.10 Å². The van der Waals surface area contributed by atoms with E-state index in [4.69, 9.17) is 0 Å². The van der Waals surface area contributed by atoms with E-state index in [2.05, 4.69) is 15.5 Å². The maximum absolute atomic E-state index is 4.09. The van der Waals surface area contributed by atoms with E-state index in [1.165, 1.54) is 0 Å². The smallest absolute Gasteiger partial charge is 0.0644 e. The summed E-state index contributed by atoms with van der Waals surface area (Å²) < 4.78 is 0. The van der Waals surface area contributed by atoms with Gasteiger partial charge in [-0.15, -0.1) is 11.3 Å². The number of hydrazone groups is 1. The Bertz CT molecular complexity index is 395. The number of aromatic nitrogens is 1. The van der Waals surface area contributed by atoms with Crippen molar-refractivity contribution in [1.82, 2.24) is 4.98 Å². The number of rotatable bonds is 3. The molecule has 3 nitrogen and oxygen atoms in total. The Kier molecular flexibility index (Phi) is 2.88. The summed E-state index contributed by atoms with van der Waals surface area (Å²) in [6.45, 7) is 0. The first-order valence-corrected chi connectivity index (χ1v) is 5.06. The molecule has 0 amide bonds. The fourth-order valence-corrected chi connectivity index (χ4v) is 1.55. The van der Waals surface area contributed by atoms with Crippen LogP contribution in [0.2, 0.25) is 0 Å². The summed E-state index contributed by atoms with van der Waals surface area (Å²) in [5, 5.41) is 6.11. The highest BCUT2D eigenvalue weighted by Gasteiger charge is 1.87. The van der Waals surface area contributed by atoms with Gasteiger partial charge in [0.2, 0.25) is 0 Å². The molecular formula is C10H9N3S. The first-order chi connectivity index (χ1) is 6.95. The molecule has 0 radical (unpaired) electrons. The van der Waals surface area contributed by atoms with Crippen LogP contribution in [0.25, 0.3) is 0 Å². The van der Waals surface area contributed by atoms with Crippen LogP contribution in [-0.2, 0) is 0 Å². The summed E-state index contributed by atoms with van der Waals surface area (Å²) in [5.74, 6) is 0. The van der Waals surface area contributed by atoms with Crippen molar-refractivity contribution in [3.63, 3.8) is 0 Å². The van der Waals surface area contributed by atoms with Crippen LogP contribution >= 0.6 is 11.3 Å². The fraction of sp³-hybridized carbons (Fsp3) is 0. The SMILES string of the molecule is C(=N\Nc1ccncc1)/c1cccs1. The summed E-state index contributed by atoms with van der Waals surface area (Å²) in [6.07, 6.45) is 5.25. The topological polar surface area (TPSA) is 37.3 Å². The molecule has 1 N–H and O–H groups in total. The molecule has 2 heterocycles. The molecule has 0 aromatic carbocycles. The van der Waals surface area contributed by atoms with Gasteiger partial charge in [0.05, 0.1) is 11.9 Å². The van der Waals surface area contributed by atoms with Crippen molar-refractivity contribution < 1.29 is 0 Å². The Morgan fingerprint density at radius 2 is 2.14 bits per heavy atom. The van der Waals surface area contributed by atoms with Crippen LogP contribution in [0.15, 0.2) is 47.1 Å². The molecule has 0 saturated heterocycles. The van der Waals surface area contributed by atoms with E-state index in [1.54, 1.807) is 29.9 Å². The van der Waals surface area contributed by atoms with Crippen molar-refractivity contribution >= 4 is 23.2 Å². The van der Waals surface area contributed by atoms with Crippen LogP contribution in [0.1, 0.15) is 4.88 Å². The average molecular weight is 203 g/mol. The van der Waals surface area contributed by atoms with Crippen LogP contribution < -0.4 is 5.43 Å². The summed E-state index contributed by atoms with van der Waals surface area (Å²) in [4.78, 5) is 5.04. The highest BCUT2D eigenvalue weighted by Crippen LogP contribution is 2.06. The second kappa shape index (κ2) is 4.53. The lowest BCUT2D eigenvalue weighted by Gasteiger charge is -1.96. The lowest BCUT2D eigenvalue weighted by atomic mass is 10.4. The van der Waals surface area contributed by atoms with E-state index in [0.717, 1.165) is 10.6 Å². The van der Waals surface area contributed by atoms with Crippen LogP contribution in [0, 0.1) is 0 Å². The third-order valence-corrected chi connectivity index (χ3v) is 2.42. The van der Waals surface area contributed by atoms with Gasteiger partial charge in [-0.05, 0) is 23.6 Å². The predicted molar refractivity (Wildman–Crippen MR) is 59.8 cm³/mol. The highest BCUT2D eigenvalue weighted by molar-refractivity contribution is 7.11. The second-order valence-electron chi connectivity index (χ2n) is 2.62. The first kappa shape index (κ1) is 8.90. The number of nitrogens with zero attached hydrogens (tertiary/aromatic N) is 2. The van der Waals surface area contributed by atoms with E-state index < -0.39 is 0 Å². The molecule has 4 heteroatoms. The molecule has 0 aliphatic rings. The van der Waals surface area contributed by atoms with Gasteiger partial charge >= 0.3 is 0 Å². The van der Waals surface area contributed by atoms with Gasteiger partial charge in [-0.1, -0.05) is 6.07 Å². The van der Waals surface area contributed by atoms with Crippen LogP contribution in [0.3, 0.4) is 0 Å². The largest absolute Gasteiger partial charge is 0.278 e. The van der Waals surface area contributed by atoms with E-state index in [0.29, 0.717) is 0 Å². The minimum absolute atomic E-state index is 0.938.